The van der Waals surface area contributed by atoms with E-state index in [0.717, 1.165) is 0 Å². The number of para-hydroxylation sites is 1. The second-order valence-electron chi connectivity index (χ2n) is 15.5. The van der Waals surface area contributed by atoms with E-state index in [1.807, 2.05) is 0 Å². The molecule has 13 rings (SSSR count). The number of anilines is 2. The zero-order chi connectivity index (χ0) is 36.6. The van der Waals surface area contributed by atoms with Crippen molar-refractivity contribution in [3.05, 3.63) is 182 Å². The van der Waals surface area contributed by atoms with Crippen molar-refractivity contribution >= 4 is 65.2 Å². The number of hydrogen-bond donors (Lipinski definition) is 0. The van der Waals surface area contributed by atoms with E-state index in [0.29, 0.717) is 0 Å². The van der Waals surface area contributed by atoms with Crippen LogP contribution in [0.15, 0.2) is 182 Å². The smallest absolute Gasteiger partial charge is 0.0414 e. The van der Waals surface area contributed by atoms with Gasteiger partial charge in [-0.25, -0.2) is 0 Å². The molecule has 1 nitrogen and oxygen atoms in total. The molecular weight excluding hydrogens is 675 g/mol. The summed E-state index contributed by atoms with van der Waals surface area (Å²) in [6.07, 6.45) is 0. The fourth-order valence-electron chi connectivity index (χ4n) is 10.5. The summed E-state index contributed by atoms with van der Waals surface area (Å²) >= 11 is 0. The van der Waals surface area contributed by atoms with Crippen LogP contribution in [0.4, 0.5) is 11.4 Å². The predicted molar refractivity (Wildman–Crippen MR) is 239 cm³/mol. The molecule has 2 aliphatic rings. The third kappa shape index (κ3) is 3.79. The highest BCUT2D eigenvalue weighted by atomic mass is 15.1. The Morgan fingerprint density at radius 2 is 0.679 bits per heavy atom. The molecule has 0 radical (unpaired) electrons. The molecule has 11 aromatic carbocycles. The van der Waals surface area contributed by atoms with Gasteiger partial charge in [-0.15, -0.1) is 0 Å². The lowest BCUT2D eigenvalue weighted by Crippen LogP contribution is -2.09. The first-order valence-corrected chi connectivity index (χ1v) is 19.6. The zero-order valence-corrected chi connectivity index (χ0v) is 30.8. The van der Waals surface area contributed by atoms with Crippen LogP contribution in [-0.2, 0) is 0 Å². The van der Waals surface area contributed by atoms with E-state index in [-0.39, 0.29) is 0 Å². The largest absolute Gasteiger partial charge is 0.345 e. The van der Waals surface area contributed by atoms with E-state index < -0.39 is 0 Å². The maximum Gasteiger partial charge on any atom is 0.0414 e. The van der Waals surface area contributed by atoms with Crippen molar-refractivity contribution in [1.82, 2.24) is 0 Å². The normalized spacial score (nSPS) is 12.4. The van der Waals surface area contributed by atoms with Gasteiger partial charge in [-0.2, -0.15) is 0 Å². The molecule has 2 aliphatic carbocycles. The molecule has 0 heterocycles. The molecule has 0 aliphatic heterocycles. The molecule has 56 heavy (non-hydrogen) atoms. The van der Waals surface area contributed by atoms with Crippen LogP contribution < -0.4 is 4.90 Å². The second-order valence-corrected chi connectivity index (χ2v) is 15.5. The van der Waals surface area contributed by atoms with E-state index in [9.17, 15) is 0 Å². The van der Waals surface area contributed by atoms with Crippen molar-refractivity contribution in [2.24, 2.45) is 0 Å². The van der Waals surface area contributed by atoms with Gasteiger partial charge in [0.2, 0.25) is 0 Å². The molecule has 0 spiro atoms. The first kappa shape index (κ1) is 30.1. The van der Waals surface area contributed by atoms with Gasteiger partial charge in [0.1, 0.15) is 0 Å². The predicted octanol–water partition coefficient (Wildman–Crippen LogP) is 15.3. The van der Waals surface area contributed by atoms with Crippen LogP contribution in [-0.4, -0.2) is 7.05 Å². The van der Waals surface area contributed by atoms with Crippen LogP contribution in [0.25, 0.3) is 121 Å². The minimum absolute atomic E-state index is 1.18. The van der Waals surface area contributed by atoms with Crippen LogP contribution >= 0.6 is 0 Å². The summed E-state index contributed by atoms with van der Waals surface area (Å²) in [5.74, 6) is 0. The highest BCUT2D eigenvalue weighted by molar-refractivity contribution is 6.41. The van der Waals surface area contributed by atoms with Crippen molar-refractivity contribution in [1.29, 1.82) is 0 Å². The number of rotatable bonds is 4. The molecule has 0 amide bonds. The molecule has 0 N–H and O–H groups in total. The minimum Gasteiger partial charge on any atom is -0.345 e. The fourth-order valence-corrected chi connectivity index (χ4v) is 10.5. The van der Waals surface area contributed by atoms with Gasteiger partial charge in [-0.1, -0.05) is 158 Å². The Hall–Kier alpha value is -7.22. The van der Waals surface area contributed by atoms with Gasteiger partial charge in [-0.3, -0.25) is 0 Å². The third-order valence-corrected chi connectivity index (χ3v) is 12.9. The van der Waals surface area contributed by atoms with Crippen LogP contribution in [0.5, 0.6) is 0 Å². The number of hydrogen-bond acceptors (Lipinski definition) is 1. The first-order chi connectivity index (χ1) is 27.7. The monoisotopic (exact) mass is 707 g/mol. The van der Waals surface area contributed by atoms with E-state index in [1.54, 1.807) is 0 Å². The van der Waals surface area contributed by atoms with E-state index >= 15 is 0 Å². The van der Waals surface area contributed by atoms with Crippen molar-refractivity contribution < 1.29 is 0 Å². The molecule has 0 bridgehead atoms. The molecule has 0 aromatic heterocycles. The lowest BCUT2D eigenvalue weighted by Gasteiger charge is -2.20. The lowest BCUT2D eigenvalue weighted by molar-refractivity contribution is 1.21. The van der Waals surface area contributed by atoms with Crippen LogP contribution in [0, 0.1) is 0 Å². The SMILES string of the molecule is CN(c1ccccc1)c1ccc2c(c1)-c1ccc3c4ccc5c6c(ccc(c7ccc-2c1c73)c64)-c1c-5c(-c2ccccc2)c2ccccc2c1-c1ccccc1. The summed E-state index contributed by atoms with van der Waals surface area (Å²) in [4.78, 5) is 2.28. The molecule has 0 saturated heterocycles. The maximum absolute atomic E-state index is 2.43. The van der Waals surface area contributed by atoms with Gasteiger partial charge >= 0.3 is 0 Å². The molecule has 258 valence electrons. The molecule has 0 saturated carbocycles. The maximum atomic E-state index is 2.43. The quantitative estimate of drug-likeness (QED) is 0.130. The van der Waals surface area contributed by atoms with Crippen LogP contribution in [0.1, 0.15) is 0 Å². The molecular formula is C55H33N. The van der Waals surface area contributed by atoms with Crippen LogP contribution in [0.2, 0.25) is 0 Å². The average molecular weight is 708 g/mol. The Bertz CT molecular complexity index is 3310. The summed E-state index contributed by atoms with van der Waals surface area (Å²) in [6.45, 7) is 0. The lowest BCUT2D eigenvalue weighted by atomic mass is 9.82. The highest BCUT2D eigenvalue weighted by Crippen LogP contribution is 2.60. The Kier molecular flexibility index (Phi) is 5.89. The van der Waals surface area contributed by atoms with Gasteiger partial charge < -0.3 is 4.90 Å². The van der Waals surface area contributed by atoms with Crippen molar-refractivity contribution in [2.45, 2.75) is 0 Å². The summed E-state index contributed by atoms with van der Waals surface area (Å²) in [6, 6.07) is 68.0. The van der Waals surface area contributed by atoms with Crippen molar-refractivity contribution in [2.75, 3.05) is 11.9 Å². The van der Waals surface area contributed by atoms with Gasteiger partial charge in [0.15, 0.2) is 0 Å². The summed E-state index contributed by atoms with van der Waals surface area (Å²) in [7, 11) is 2.16. The van der Waals surface area contributed by atoms with Gasteiger partial charge in [-0.05, 0) is 145 Å². The summed E-state index contributed by atoms with van der Waals surface area (Å²) in [5, 5.41) is 13.4. The minimum atomic E-state index is 1.18. The standard InChI is InChI=1S/C55H33N/c1-56(34-17-9-4-10-18-34)35-21-22-36-39-23-24-40-42-27-29-45-53-46(30-28-43(52(42)53)41-25-26-44(47(36)31-35)50(39)51(40)41)55-49(33-15-7-3-8-16-33)38-20-12-11-19-37(38)48(54(45)55)32-13-5-2-6-14-32/h2-31H,1H3. The fraction of sp³-hybridized carbons (Fsp3) is 0.0182. The Balaban J connectivity index is 1.11. The number of benzene rings is 11. The van der Waals surface area contributed by atoms with Crippen molar-refractivity contribution in [3.8, 4) is 66.8 Å². The number of fused-ring (bicyclic) bond motifs is 9. The Morgan fingerprint density at radius 3 is 1.20 bits per heavy atom. The van der Waals surface area contributed by atoms with E-state index in [1.165, 1.54) is 132 Å². The average Bonchev–Trinajstić information content (AvgIpc) is 3.78. The summed E-state index contributed by atoms with van der Waals surface area (Å²) < 4.78 is 0. The van der Waals surface area contributed by atoms with Gasteiger partial charge in [0, 0.05) is 18.4 Å². The second kappa shape index (κ2) is 10.9. The third-order valence-electron chi connectivity index (χ3n) is 12.9. The highest BCUT2D eigenvalue weighted by Gasteiger charge is 2.33. The van der Waals surface area contributed by atoms with Gasteiger partial charge in [0.05, 0.1) is 0 Å². The zero-order valence-electron chi connectivity index (χ0n) is 30.8. The van der Waals surface area contributed by atoms with Crippen molar-refractivity contribution in [3.63, 3.8) is 0 Å². The van der Waals surface area contributed by atoms with E-state index in [2.05, 4.69) is 194 Å². The van der Waals surface area contributed by atoms with Crippen LogP contribution in [0.3, 0.4) is 0 Å². The Morgan fingerprint density at radius 1 is 0.268 bits per heavy atom. The molecule has 11 aromatic rings. The summed E-state index contributed by atoms with van der Waals surface area (Å²) in [5.41, 5.74) is 18.2. The van der Waals surface area contributed by atoms with E-state index in [4.69, 9.17) is 0 Å². The first-order valence-electron chi connectivity index (χ1n) is 19.6. The molecule has 0 fully saturated rings. The van der Waals surface area contributed by atoms with Gasteiger partial charge in [0.25, 0.3) is 0 Å². The molecule has 0 unspecified atom stereocenters. The Labute approximate surface area is 324 Å². The molecule has 0 atom stereocenters. The molecule has 1 heteroatoms. The number of nitrogens with zero attached hydrogens (tertiary/aromatic N) is 1. The topological polar surface area (TPSA) is 3.24 Å².